The number of para-hydroxylation sites is 1. The molecule has 0 saturated heterocycles. The molecule has 104 valence electrons. The summed E-state index contributed by atoms with van der Waals surface area (Å²) in [7, 11) is 0. The summed E-state index contributed by atoms with van der Waals surface area (Å²) >= 11 is -4.12. The quantitative estimate of drug-likeness (QED) is 0.461. The summed E-state index contributed by atoms with van der Waals surface area (Å²) in [5, 5.41) is 0. The topological polar surface area (TPSA) is 60.4 Å². The van der Waals surface area contributed by atoms with Gasteiger partial charge in [0.05, 0.1) is 0 Å². The first-order chi connectivity index (χ1) is 9.44. The van der Waals surface area contributed by atoms with Crippen LogP contribution in [0.15, 0.2) is 54.6 Å². The van der Waals surface area contributed by atoms with E-state index < -0.39 is 24.1 Å². The Labute approximate surface area is 121 Å². The number of ether oxygens (including phenoxy) is 1. The molecule has 0 aliphatic carbocycles. The van der Waals surface area contributed by atoms with Gasteiger partial charge in [0.2, 0.25) is 0 Å². The summed E-state index contributed by atoms with van der Waals surface area (Å²) in [6.45, 7) is 0. The minimum absolute atomic E-state index is 0.0660. The van der Waals surface area contributed by atoms with Gasteiger partial charge in [0.25, 0.3) is 0 Å². The predicted octanol–water partition coefficient (Wildman–Crippen LogP) is 2.92. The monoisotopic (exact) mass is 388 g/mol. The second kappa shape index (κ2) is 6.17. The summed E-state index contributed by atoms with van der Waals surface area (Å²) in [5.74, 6) is 0.0138. The maximum absolute atomic E-state index is 11.9. The van der Waals surface area contributed by atoms with E-state index in [9.17, 15) is 11.0 Å². The van der Waals surface area contributed by atoms with Gasteiger partial charge in [-0.1, -0.05) is 0 Å². The van der Waals surface area contributed by atoms with Crippen molar-refractivity contribution in [2.75, 3.05) is 0 Å². The van der Waals surface area contributed by atoms with Crippen LogP contribution in [0.25, 0.3) is 0 Å². The molecular weight excluding hydrogens is 372 g/mol. The fraction of sp³-hybridized carbons (Fsp3) is 0.133. The van der Waals surface area contributed by atoms with Crippen LogP contribution < -0.4 is 4.74 Å². The van der Waals surface area contributed by atoms with Gasteiger partial charge in [-0.3, -0.25) is 0 Å². The van der Waals surface area contributed by atoms with Crippen LogP contribution in [-0.4, -0.2) is 24.1 Å². The number of esters is 1. The van der Waals surface area contributed by atoms with Crippen LogP contribution in [0.4, 0.5) is 0 Å². The zero-order valence-electron chi connectivity index (χ0n) is 10.9. The SMILES string of the molecule is C[Te](=O)(=O)Cc1ccc(C(=O)Oc2ccccc2)cc1. The van der Waals surface area contributed by atoms with Crippen molar-refractivity contribution in [2.24, 2.45) is 0 Å². The second-order valence-electron chi connectivity index (χ2n) is 4.47. The fourth-order valence-corrected chi connectivity index (χ4v) is 3.97. The Balaban J connectivity index is 2.08. The van der Waals surface area contributed by atoms with E-state index in [2.05, 4.69) is 0 Å². The standard InChI is InChI=1S/C15H14O4Te/c1-20(17,18)11-12-7-9-13(10-8-12)15(16)19-14-5-3-2-4-6-14/h2-10H,11H2,1H3. The Morgan fingerprint density at radius 3 is 2.15 bits per heavy atom. The molecule has 0 N–H and O–H groups in total. The Morgan fingerprint density at radius 2 is 1.60 bits per heavy atom. The molecule has 2 rings (SSSR count). The molecule has 0 fully saturated rings. The van der Waals surface area contributed by atoms with E-state index in [4.69, 9.17) is 4.74 Å². The molecule has 0 saturated carbocycles. The molecule has 20 heavy (non-hydrogen) atoms. The van der Waals surface area contributed by atoms with Crippen LogP contribution in [0.3, 0.4) is 0 Å². The van der Waals surface area contributed by atoms with Crippen molar-refractivity contribution in [3.63, 3.8) is 0 Å². The average molecular weight is 386 g/mol. The molecule has 0 amide bonds. The van der Waals surface area contributed by atoms with E-state index in [-0.39, 0.29) is 4.47 Å². The van der Waals surface area contributed by atoms with Gasteiger partial charge in [-0.15, -0.1) is 0 Å². The summed E-state index contributed by atoms with van der Waals surface area (Å²) < 4.78 is 27.8. The van der Waals surface area contributed by atoms with Crippen molar-refractivity contribution >= 4 is 24.1 Å². The molecule has 0 unspecified atom stereocenters. The Hall–Kier alpha value is -1.70. The van der Waals surface area contributed by atoms with Crippen molar-refractivity contribution in [2.45, 2.75) is 9.44 Å². The molecule has 0 bridgehead atoms. The minimum atomic E-state index is -4.12. The molecule has 2 aromatic rings. The van der Waals surface area contributed by atoms with Crippen molar-refractivity contribution in [1.29, 1.82) is 0 Å². The van der Waals surface area contributed by atoms with Crippen molar-refractivity contribution in [1.82, 2.24) is 0 Å². The van der Waals surface area contributed by atoms with Crippen LogP contribution in [0, 0.1) is 0 Å². The van der Waals surface area contributed by atoms with Crippen LogP contribution in [-0.2, 0) is 10.7 Å². The van der Waals surface area contributed by atoms with Gasteiger partial charge in [-0.25, -0.2) is 0 Å². The Morgan fingerprint density at radius 1 is 1.00 bits per heavy atom. The number of carbonyl (C=O) groups is 1. The first-order valence-electron chi connectivity index (χ1n) is 5.98. The molecule has 0 heterocycles. The predicted molar refractivity (Wildman–Crippen MR) is 74.5 cm³/mol. The second-order valence-corrected chi connectivity index (χ2v) is 10.6. The van der Waals surface area contributed by atoms with Crippen LogP contribution in [0.5, 0.6) is 5.75 Å². The van der Waals surface area contributed by atoms with Gasteiger partial charge >= 0.3 is 121 Å². The number of hydrogen-bond acceptors (Lipinski definition) is 4. The fourth-order valence-electron chi connectivity index (χ4n) is 1.69. The average Bonchev–Trinajstić information content (AvgIpc) is 2.39. The van der Waals surface area contributed by atoms with Crippen molar-refractivity contribution in [3.05, 3.63) is 65.7 Å². The first-order valence-corrected chi connectivity index (χ1v) is 11.9. The third-order valence-electron chi connectivity index (χ3n) is 2.57. The number of carbonyl (C=O) groups excluding carboxylic acids is 1. The Bertz CT molecular complexity index is 688. The number of benzene rings is 2. The van der Waals surface area contributed by atoms with Crippen LogP contribution >= 0.6 is 0 Å². The van der Waals surface area contributed by atoms with E-state index in [0.29, 0.717) is 16.9 Å². The van der Waals surface area contributed by atoms with E-state index in [1.54, 1.807) is 48.5 Å². The van der Waals surface area contributed by atoms with Gasteiger partial charge in [0.1, 0.15) is 0 Å². The van der Waals surface area contributed by atoms with E-state index in [1.807, 2.05) is 6.07 Å². The number of rotatable bonds is 4. The van der Waals surface area contributed by atoms with Crippen LogP contribution in [0.1, 0.15) is 15.9 Å². The molecular formula is C15H14O4Te. The van der Waals surface area contributed by atoms with Crippen molar-refractivity contribution < 1.29 is 15.7 Å². The molecule has 0 aromatic heterocycles. The summed E-state index contributed by atoms with van der Waals surface area (Å²) in [6.07, 6.45) is 0. The van der Waals surface area contributed by atoms with Crippen LogP contribution in [0.2, 0.25) is 4.97 Å². The molecule has 0 spiro atoms. The summed E-state index contributed by atoms with van der Waals surface area (Å²) in [5.41, 5.74) is 1.08. The summed E-state index contributed by atoms with van der Waals surface area (Å²) in [4.78, 5) is 13.2. The summed E-state index contributed by atoms with van der Waals surface area (Å²) in [6, 6.07) is 15.2. The van der Waals surface area contributed by atoms with Gasteiger partial charge in [0, 0.05) is 0 Å². The molecule has 2 aromatic carbocycles. The third-order valence-corrected chi connectivity index (χ3v) is 5.02. The molecule has 0 atom stereocenters. The van der Waals surface area contributed by atoms with E-state index in [0.717, 1.165) is 0 Å². The van der Waals surface area contributed by atoms with Gasteiger partial charge in [-0.05, 0) is 0 Å². The van der Waals surface area contributed by atoms with Crippen molar-refractivity contribution in [3.8, 4) is 5.75 Å². The molecule has 5 heteroatoms. The molecule has 4 nitrogen and oxygen atoms in total. The van der Waals surface area contributed by atoms with Gasteiger partial charge in [0.15, 0.2) is 0 Å². The molecule has 0 radical (unpaired) electrons. The zero-order chi connectivity index (χ0) is 14.6. The number of hydrogen-bond donors (Lipinski definition) is 0. The Kier molecular flexibility index (Phi) is 4.53. The third kappa shape index (κ3) is 4.44. The van der Waals surface area contributed by atoms with E-state index >= 15 is 0 Å². The molecule has 0 aliphatic heterocycles. The van der Waals surface area contributed by atoms with Gasteiger partial charge < -0.3 is 0 Å². The van der Waals surface area contributed by atoms with Gasteiger partial charge in [-0.2, -0.15) is 0 Å². The normalized spacial score (nSPS) is 11.1. The maximum atomic E-state index is 11.9. The zero-order valence-corrected chi connectivity index (χ0v) is 13.3. The van der Waals surface area contributed by atoms with E-state index in [1.165, 1.54) is 4.97 Å². The first kappa shape index (κ1) is 14.7. The molecule has 0 aliphatic rings.